The third-order valence-corrected chi connectivity index (χ3v) is 6.29. The van der Waals surface area contributed by atoms with Gasteiger partial charge in [-0.1, -0.05) is 18.2 Å². The fourth-order valence-electron chi connectivity index (χ4n) is 4.59. The molecule has 0 spiro atoms. The molecule has 1 aliphatic rings. The standard InChI is InChI=1S/C25H24N6O3/c1-29-13-10-19(27-29)25(32)30-12-4-6-18(30)11-14-33-24-9-8-23-26-16-20(31(23)28-24)22-15-17-5-2-3-7-21(17)34-22/h2-3,5,7-10,13,15-16,18H,4,6,11-12,14H2,1H3. The van der Waals surface area contributed by atoms with Crippen molar-refractivity contribution in [2.24, 2.45) is 7.05 Å². The molecule has 34 heavy (non-hydrogen) atoms. The number of fused-ring (bicyclic) bond motifs is 2. The van der Waals surface area contributed by atoms with Crippen LogP contribution < -0.4 is 4.74 Å². The highest BCUT2D eigenvalue weighted by Gasteiger charge is 2.30. The van der Waals surface area contributed by atoms with Gasteiger partial charge in [0.2, 0.25) is 5.88 Å². The third kappa shape index (κ3) is 3.68. The number of carbonyl (C=O) groups is 1. The number of amides is 1. The van der Waals surface area contributed by atoms with E-state index in [0.29, 0.717) is 29.6 Å². The van der Waals surface area contributed by atoms with Gasteiger partial charge in [0.1, 0.15) is 17.0 Å². The quantitative estimate of drug-likeness (QED) is 0.384. The van der Waals surface area contributed by atoms with Gasteiger partial charge in [-0.25, -0.2) is 9.50 Å². The van der Waals surface area contributed by atoms with Gasteiger partial charge in [-0.2, -0.15) is 5.10 Å². The molecule has 0 aliphatic carbocycles. The van der Waals surface area contributed by atoms with E-state index in [1.807, 2.05) is 54.4 Å². The fraction of sp³-hybridized carbons (Fsp3) is 0.280. The predicted octanol–water partition coefficient (Wildman–Crippen LogP) is 3.95. The van der Waals surface area contributed by atoms with Crippen molar-refractivity contribution < 1.29 is 13.9 Å². The molecule has 1 aliphatic heterocycles. The lowest BCUT2D eigenvalue weighted by Crippen LogP contribution is -2.36. The van der Waals surface area contributed by atoms with Crippen molar-refractivity contribution in [2.75, 3.05) is 13.2 Å². The van der Waals surface area contributed by atoms with Gasteiger partial charge in [0.05, 0.1) is 12.8 Å². The van der Waals surface area contributed by atoms with E-state index in [9.17, 15) is 4.79 Å². The summed E-state index contributed by atoms with van der Waals surface area (Å²) in [6.45, 7) is 1.21. The van der Waals surface area contributed by atoms with Crippen LogP contribution in [0.25, 0.3) is 28.1 Å². The van der Waals surface area contributed by atoms with Crippen molar-refractivity contribution >= 4 is 22.5 Å². The first-order chi connectivity index (χ1) is 16.7. The van der Waals surface area contributed by atoms with Crippen LogP contribution in [0, 0.1) is 0 Å². The number of benzene rings is 1. The average molecular weight is 457 g/mol. The van der Waals surface area contributed by atoms with Crippen LogP contribution >= 0.6 is 0 Å². The van der Waals surface area contributed by atoms with Crippen molar-refractivity contribution in [3.8, 4) is 17.3 Å². The number of furan rings is 1. The summed E-state index contributed by atoms with van der Waals surface area (Å²) in [7, 11) is 1.82. The van der Waals surface area contributed by atoms with Crippen LogP contribution in [-0.2, 0) is 7.05 Å². The van der Waals surface area contributed by atoms with Crippen LogP contribution in [-0.4, -0.2) is 54.4 Å². The van der Waals surface area contributed by atoms with Crippen molar-refractivity contribution in [3.05, 3.63) is 66.6 Å². The molecular weight excluding hydrogens is 432 g/mol. The van der Waals surface area contributed by atoms with Gasteiger partial charge in [-0.3, -0.25) is 9.48 Å². The molecule has 1 saturated heterocycles. The SMILES string of the molecule is Cn1ccc(C(=O)N2CCCC2CCOc2ccc3ncc(-c4cc5ccccc5o4)n3n2)n1. The maximum absolute atomic E-state index is 12.8. The fourth-order valence-corrected chi connectivity index (χ4v) is 4.59. The van der Waals surface area contributed by atoms with Crippen molar-refractivity contribution in [2.45, 2.75) is 25.3 Å². The minimum absolute atomic E-state index is 0.0171. The first-order valence-corrected chi connectivity index (χ1v) is 11.4. The number of imidazole rings is 1. The van der Waals surface area contributed by atoms with E-state index in [-0.39, 0.29) is 11.9 Å². The van der Waals surface area contributed by atoms with E-state index in [0.717, 1.165) is 42.5 Å². The summed E-state index contributed by atoms with van der Waals surface area (Å²) in [4.78, 5) is 19.2. The molecule has 0 radical (unpaired) electrons. The molecule has 5 heterocycles. The van der Waals surface area contributed by atoms with Gasteiger partial charge < -0.3 is 14.1 Å². The van der Waals surface area contributed by atoms with Crippen LogP contribution in [0.1, 0.15) is 29.8 Å². The van der Waals surface area contributed by atoms with Gasteiger partial charge in [-0.05, 0) is 37.1 Å². The highest BCUT2D eigenvalue weighted by Crippen LogP contribution is 2.28. The van der Waals surface area contributed by atoms with Crippen LogP contribution in [0.4, 0.5) is 0 Å². The Morgan fingerprint density at radius 3 is 2.94 bits per heavy atom. The van der Waals surface area contributed by atoms with Crippen LogP contribution in [0.15, 0.2) is 65.3 Å². The number of aryl methyl sites for hydroxylation is 1. The highest BCUT2D eigenvalue weighted by atomic mass is 16.5. The summed E-state index contributed by atoms with van der Waals surface area (Å²) in [6.07, 6.45) is 6.23. The zero-order chi connectivity index (χ0) is 23.1. The molecule has 1 aromatic carbocycles. The molecule has 1 unspecified atom stereocenters. The molecule has 0 bridgehead atoms. The minimum Gasteiger partial charge on any atom is -0.477 e. The van der Waals surface area contributed by atoms with Gasteiger partial charge in [-0.15, -0.1) is 5.10 Å². The lowest BCUT2D eigenvalue weighted by atomic mass is 10.1. The van der Waals surface area contributed by atoms with E-state index >= 15 is 0 Å². The van der Waals surface area contributed by atoms with Crippen LogP contribution in [0.3, 0.4) is 0 Å². The number of aromatic nitrogens is 5. The molecule has 5 aromatic rings. The first-order valence-electron chi connectivity index (χ1n) is 11.4. The maximum Gasteiger partial charge on any atom is 0.274 e. The lowest BCUT2D eigenvalue weighted by molar-refractivity contribution is 0.0712. The Bertz CT molecular complexity index is 1450. The Hall–Kier alpha value is -4.14. The number of carbonyl (C=O) groups excluding carboxylic acids is 1. The Morgan fingerprint density at radius 1 is 1.18 bits per heavy atom. The molecule has 1 atom stereocenters. The van der Waals surface area contributed by atoms with Gasteiger partial charge in [0.25, 0.3) is 5.91 Å². The van der Waals surface area contributed by atoms with Crippen LogP contribution in [0.2, 0.25) is 0 Å². The summed E-state index contributed by atoms with van der Waals surface area (Å²) in [5, 5.41) is 9.91. The first kappa shape index (κ1) is 20.5. The number of hydrogen-bond donors (Lipinski definition) is 0. The van der Waals surface area contributed by atoms with Crippen molar-refractivity contribution in [1.82, 2.24) is 29.3 Å². The third-order valence-electron chi connectivity index (χ3n) is 6.29. The summed E-state index contributed by atoms with van der Waals surface area (Å²) in [5.41, 5.74) is 2.78. The van der Waals surface area contributed by atoms with Crippen molar-refractivity contribution in [1.29, 1.82) is 0 Å². The van der Waals surface area contributed by atoms with E-state index in [4.69, 9.17) is 9.15 Å². The monoisotopic (exact) mass is 456 g/mol. The second-order valence-corrected chi connectivity index (χ2v) is 8.54. The number of ether oxygens (including phenoxy) is 1. The maximum atomic E-state index is 12.8. The smallest absolute Gasteiger partial charge is 0.274 e. The normalized spacial score (nSPS) is 16.0. The molecule has 172 valence electrons. The van der Waals surface area contributed by atoms with Crippen LogP contribution in [0.5, 0.6) is 5.88 Å². The number of nitrogens with zero attached hydrogens (tertiary/aromatic N) is 6. The van der Waals surface area contributed by atoms with Gasteiger partial charge in [0.15, 0.2) is 11.4 Å². The molecule has 1 amide bonds. The second-order valence-electron chi connectivity index (χ2n) is 8.54. The molecule has 1 fully saturated rings. The highest BCUT2D eigenvalue weighted by molar-refractivity contribution is 5.92. The van der Waals surface area contributed by atoms with Crippen molar-refractivity contribution in [3.63, 3.8) is 0 Å². The Morgan fingerprint density at radius 2 is 2.09 bits per heavy atom. The molecule has 0 N–H and O–H groups in total. The zero-order valence-corrected chi connectivity index (χ0v) is 18.8. The van der Waals surface area contributed by atoms with E-state index in [1.165, 1.54) is 0 Å². The minimum atomic E-state index is -0.0171. The lowest BCUT2D eigenvalue weighted by Gasteiger charge is -2.23. The van der Waals surface area contributed by atoms with Gasteiger partial charge >= 0.3 is 0 Å². The Labute approximate surface area is 195 Å². The number of hydrogen-bond acceptors (Lipinski definition) is 6. The summed E-state index contributed by atoms with van der Waals surface area (Å²) in [5.74, 6) is 1.19. The summed E-state index contributed by atoms with van der Waals surface area (Å²) < 4.78 is 15.4. The number of para-hydroxylation sites is 1. The Kier molecular flexibility index (Phi) is 5.01. The topological polar surface area (TPSA) is 90.7 Å². The molecule has 9 nitrogen and oxygen atoms in total. The average Bonchev–Trinajstić information content (AvgIpc) is 3.63. The number of likely N-dealkylation sites (tertiary alicyclic amines) is 1. The predicted molar refractivity (Wildman–Crippen MR) is 126 cm³/mol. The van der Waals surface area contributed by atoms with Gasteiger partial charge in [0, 0.05) is 43.7 Å². The second kappa shape index (κ2) is 8.33. The summed E-state index contributed by atoms with van der Waals surface area (Å²) >= 11 is 0. The largest absolute Gasteiger partial charge is 0.477 e. The number of rotatable bonds is 6. The van der Waals surface area contributed by atoms with E-state index in [1.54, 1.807) is 27.7 Å². The molecule has 4 aromatic heterocycles. The summed E-state index contributed by atoms with van der Waals surface area (Å²) in [6, 6.07) is 15.5. The molecular formula is C25H24N6O3. The van der Waals surface area contributed by atoms with E-state index < -0.39 is 0 Å². The zero-order valence-electron chi connectivity index (χ0n) is 18.8. The molecule has 0 saturated carbocycles. The molecule has 9 heteroatoms. The van der Waals surface area contributed by atoms with E-state index in [2.05, 4.69) is 15.2 Å². The Balaban J connectivity index is 1.16. The molecule has 6 rings (SSSR count).